The smallest absolute Gasteiger partial charge is 0.322 e. The van der Waals surface area contributed by atoms with Gasteiger partial charge in [0.1, 0.15) is 11.8 Å². The van der Waals surface area contributed by atoms with E-state index in [0.717, 1.165) is 33.7 Å². The molecule has 0 spiro atoms. The summed E-state index contributed by atoms with van der Waals surface area (Å²) in [4.78, 5) is 28.9. The summed E-state index contributed by atoms with van der Waals surface area (Å²) in [5.41, 5.74) is 12.6. The Labute approximate surface area is 218 Å². The lowest BCUT2D eigenvalue weighted by atomic mass is 10.1. The number of aryl methyl sites for hydroxylation is 2. The largest absolute Gasteiger partial charge is 0.493 e. The Morgan fingerprint density at radius 1 is 1.05 bits per heavy atom. The minimum Gasteiger partial charge on any atom is -0.493 e. The second-order valence-electron chi connectivity index (χ2n) is 8.45. The zero-order valence-electron chi connectivity index (χ0n) is 21.1. The van der Waals surface area contributed by atoms with Crippen LogP contribution in [0.4, 0.5) is 11.5 Å². The van der Waals surface area contributed by atoms with Gasteiger partial charge < -0.3 is 25.1 Å². The molecule has 190 valence electrons. The summed E-state index contributed by atoms with van der Waals surface area (Å²) in [6.07, 6.45) is 4.31. The number of hydrogen-bond acceptors (Lipinski definition) is 8. The van der Waals surface area contributed by atoms with Crippen LogP contribution in [-0.2, 0) is 4.79 Å². The van der Waals surface area contributed by atoms with Gasteiger partial charge in [-0.1, -0.05) is 18.7 Å². The molecule has 3 heterocycles. The predicted octanol–water partition coefficient (Wildman–Crippen LogP) is 5.00. The average molecular weight is 508 g/mol. The lowest BCUT2D eigenvalue weighted by Crippen LogP contribution is -2.07. The van der Waals surface area contributed by atoms with E-state index in [0.29, 0.717) is 28.5 Å². The number of nitrogens with zero attached hydrogens (tertiary/aromatic N) is 5. The van der Waals surface area contributed by atoms with Crippen LogP contribution in [0.2, 0.25) is 0 Å². The summed E-state index contributed by atoms with van der Waals surface area (Å²) in [7, 11) is 1.57. The molecule has 1 amide bonds. The van der Waals surface area contributed by atoms with E-state index in [9.17, 15) is 4.79 Å². The monoisotopic (exact) mass is 507 g/mol. The van der Waals surface area contributed by atoms with Crippen molar-refractivity contribution in [3.63, 3.8) is 0 Å². The molecule has 0 aliphatic rings. The first-order chi connectivity index (χ1) is 18.4. The van der Waals surface area contributed by atoms with Crippen molar-refractivity contribution in [1.82, 2.24) is 24.5 Å². The molecule has 10 heteroatoms. The maximum absolute atomic E-state index is 11.7. The summed E-state index contributed by atoms with van der Waals surface area (Å²) in [5, 5.41) is 2.76. The molecule has 10 nitrogen and oxygen atoms in total. The van der Waals surface area contributed by atoms with Crippen molar-refractivity contribution >= 4 is 28.4 Å². The molecular weight excluding hydrogens is 482 g/mol. The van der Waals surface area contributed by atoms with Crippen molar-refractivity contribution in [2.45, 2.75) is 13.8 Å². The second-order valence-corrected chi connectivity index (χ2v) is 8.45. The highest BCUT2D eigenvalue weighted by atomic mass is 16.5. The van der Waals surface area contributed by atoms with Gasteiger partial charge in [0.2, 0.25) is 5.91 Å². The molecule has 0 atom stereocenters. The molecule has 0 bridgehead atoms. The van der Waals surface area contributed by atoms with Crippen molar-refractivity contribution in [2.24, 2.45) is 0 Å². The number of anilines is 2. The molecular formula is C28H25N7O3. The van der Waals surface area contributed by atoms with Gasteiger partial charge in [0, 0.05) is 29.2 Å². The number of rotatable bonds is 7. The number of aromatic nitrogens is 5. The Hall–Kier alpha value is -5.25. The number of nitrogens with one attached hydrogen (secondary N) is 1. The number of ether oxygens (including phenoxy) is 2. The second kappa shape index (κ2) is 10.0. The average Bonchev–Trinajstić information content (AvgIpc) is 3.22. The first-order valence-electron chi connectivity index (χ1n) is 11.7. The van der Waals surface area contributed by atoms with Crippen LogP contribution in [-0.4, -0.2) is 37.5 Å². The van der Waals surface area contributed by atoms with Gasteiger partial charge in [0.05, 0.1) is 24.0 Å². The van der Waals surface area contributed by atoms with Crippen molar-refractivity contribution in [3.05, 3.63) is 85.0 Å². The van der Waals surface area contributed by atoms with Crippen molar-refractivity contribution in [1.29, 1.82) is 0 Å². The summed E-state index contributed by atoms with van der Waals surface area (Å²) < 4.78 is 13.6. The number of carbonyl (C=O) groups excluding carboxylic acids is 1. The molecule has 0 aliphatic carbocycles. The Kier molecular flexibility index (Phi) is 6.44. The highest BCUT2D eigenvalue weighted by Crippen LogP contribution is 2.40. The number of benzene rings is 2. The molecule has 0 fully saturated rings. The first kappa shape index (κ1) is 24.4. The number of nitrogens with two attached hydrogens (primary N) is 1. The van der Waals surface area contributed by atoms with Gasteiger partial charge in [-0.3, -0.25) is 4.79 Å². The maximum Gasteiger partial charge on any atom is 0.322 e. The Morgan fingerprint density at radius 2 is 1.84 bits per heavy atom. The maximum atomic E-state index is 11.7. The van der Waals surface area contributed by atoms with E-state index in [2.05, 4.69) is 31.8 Å². The lowest BCUT2D eigenvalue weighted by molar-refractivity contribution is -0.111. The molecule has 0 saturated heterocycles. The predicted molar refractivity (Wildman–Crippen MR) is 146 cm³/mol. The molecule has 3 aromatic heterocycles. The van der Waals surface area contributed by atoms with E-state index in [-0.39, 0.29) is 11.9 Å². The van der Waals surface area contributed by atoms with Gasteiger partial charge in [-0.25, -0.2) is 19.9 Å². The Balaban J connectivity index is 1.65. The Bertz CT molecular complexity index is 1680. The summed E-state index contributed by atoms with van der Waals surface area (Å²) in [6, 6.07) is 15.0. The summed E-state index contributed by atoms with van der Waals surface area (Å²) in [5.74, 6) is 1.00. The normalized spacial score (nSPS) is 10.8. The fourth-order valence-corrected chi connectivity index (χ4v) is 4.24. The summed E-state index contributed by atoms with van der Waals surface area (Å²) in [6.45, 7) is 7.34. The third-order valence-electron chi connectivity index (χ3n) is 6.00. The third kappa shape index (κ3) is 4.50. The third-order valence-corrected chi connectivity index (χ3v) is 6.00. The van der Waals surface area contributed by atoms with Gasteiger partial charge in [-0.05, 0) is 55.8 Å². The van der Waals surface area contributed by atoms with Gasteiger partial charge in [-0.15, -0.1) is 0 Å². The van der Waals surface area contributed by atoms with E-state index >= 15 is 0 Å². The molecule has 2 aromatic carbocycles. The number of methoxy groups -OCH3 is 1. The van der Waals surface area contributed by atoms with Gasteiger partial charge in [0.15, 0.2) is 17.3 Å². The van der Waals surface area contributed by atoms with Crippen molar-refractivity contribution in [2.75, 3.05) is 18.2 Å². The van der Waals surface area contributed by atoms with Crippen LogP contribution in [0.3, 0.4) is 0 Å². The van der Waals surface area contributed by atoms with E-state index < -0.39 is 0 Å². The standard InChI is InChI=1S/C28H25N7O3/c1-5-23(36)34-19-8-6-18(7-9-19)25-17(3)24-26(27(29)32-15-31-24)35(25)20-10-11-21(22(14-20)37-4)38-28-30-13-12-16(2)33-28/h5-15H,1H2,2-4H3,(H,34,36)(H2,29,31,32). The first-order valence-corrected chi connectivity index (χ1v) is 11.7. The molecule has 5 rings (SSSR count). The number of hydrogen-bond donors (Lipinski definition) is 2. The number of fused-ring (bicyclic) bond motifs is 1. The van der Waals surface area contributed by atoms with E-state index in [4.69, 9.17) is 15.2 Å². The zero-order valence-corrected chi connectivity index (χ0v) is 21.1. The highest BCUT2D eigenvalue weighted by molar-refractivity contribution is 5.99. The van der Waals surface area contributed by atoms with Gasteiger partial charge in [-0.2, -0.15) is 0 Å². The van der Waals surface area contributed by atoms with Gasteiger partial charge in [0.25, 0.3) is 0 Å². The molecule has 38 heavy (non-hydrogen) atoms. The molecule has 3 N–H and O–H groups in total. The highest BCUT2D eigenvalue weighted by Gasteiger charge is 2.22. The number of nitrogen functional groups attached to an aromatic ring is 1. The minimum atomic E-state index is -0.281. The summed E-state index contributed by atoms with van der Waals surface area (Å²) >= 11 is 0. The topological polar surface area (TPSA) is 130 Å². The fraction of sp³-hybridized carbons (Fsp3) is 0.107. The van der Waals surface area contributed by atoms with E-state index in [1.807, 2.05) is 54.8 Å². The van der Waals surface area contributed by atoms with Crippen LogP contribution in [0.5, 0.6) is 17.5 Å². The molecule has 5 aromatic rings. The van der Waals surface area contributed by atoms with Crippen molar-refractivity contribution < 1.29 is 14.3 Å². The molecule has 0 radical (unpaired) electrons. The minimum absolute atomic E-state index is 0.222. The SMILES string of the molecule is C=CC(=O)Nc1ccc(-c2c(C)c3ncnc(N)c3n2-c2ccc(Oc3nccc(C)n3)c(OC)c2)cc1. The van der Waals surface area contributed by atoms with Crippen LogP contribution in [0.25, 0.3) is 28.0 Å². The number of amides is 1. The molecule has 0 aliphatic heterocycles. The van der Waals surface area contributed by atoms with Crippen LogP contribution in [0, 0.1) is 13.8 Å². The molecule has 0 saturated carbocycles. The van der Waals surface area contributed by atoms with Gasteiger partial charge >= 0.3 is 6.01 Å². The zero-order chi connectivity index (χ0) is 26.8. The lowest BCUT2D eigenvalue weighted by Gasteiger charge is -2.16. The van der Waals surface area contributed by atoms with Crippen LogP contribution < -0.4 is 20.5 Å². The van der Waals surface area contributed by atoms with Crippen LogP contribution in [0.15, 0.2) is 73.7 Å². The van der Waals surface area contributed by atoms with Crippen LogP contribution >= 0.6 is 0 Å². The quantitative estimate of drug-likeness (QED) is 0.294. The van der Waals surface area contributed by atoms with E-state index in [1.165, 1.54) is 12.4 Å². The van der Waals surface area contributed by atoms with E-state index in [1.54, 1.807) is 25.4 Å². The van der Waals surface area contributed by atoms with Crippen LogP contribution in [0.1, 0.15) is 11.3 Å². The number of carbonyl (C=O) groups is 1. The van der Waals surface area contributed by atoms with Crippen molar-refractivity contribution in [3.8, 4) is 34.5 Å². The molecule has 0 unspecified atom stereocenters. The fourth-order valence-electron chi connectivity index (χ4n) is 4.24. The Morgan fingerprint density at radius 3 is 2.55 bits per heavy atom.